The summed E-state index contributed by atoms with van der Waals surface area (Å²) < 4.78 is 0. The van der Waals surface area contributed by atoms with Crippen molar-refractivity contribution in [3.05, 3.63) is 81.1 Å². The van der Waals surface area contributed by atoms with Gasteiger partial charge in [-0.2, -0.15) is 0 Å². The monoisotopic (exact) mass is 376 g/mol. The van der Waals surface area contributed by atoms with Gasteiger partial charge in [0, 0.05) is 23.2 Å². The summed E-state index contributed by atoms with van der Waals surface area (Å²) in [6, 6.07) is 15.6. The summed E-state index contributed by atoms with van der Waals surface area (Å²) in [5.41, 5.74) is 4.27. The third kappa shape index (κ3) is 4.16. The van der Waals surface area contributed by atoms with E-state index in [1.165, 1.54) is 5.56 Å². The van der Waals surface area contributed by atoms with Crippen LogP contribution in [0.2, 0.25) is 0 Å². The van der Waals surface area contributed by atoms with E-state index in [-0.39, 0.29) is 23.4 Å². The predicted molar refractivity (Wildman–Crippen MR) is 115 cm³/mol. The minimum atomic E-state index is -0.148. The Balaban J connectivity index is 1.87. The Morgan fingerprint density at radius 3 is 2.32 bits per heavy atom. The number of amides is 1. The highest BCUT2D eigenvalue weighted by atomic mass is 16.2. The van der Waals surface area contributed by atoms with E-state index in [9.17, 15) is 9.59 Å². The molecule has 0 bridgehead atoms. The molecule has 0 saturated heterocycles. The van der Waals surface area contributed by atoms with Crippen LogP contribution in [-0.2, 0) is 12.0 Å². The number of hydrogen-bond acceptors (Lipinski definition) is 2. The molecule has 4 heteroatoms. The molecule has 1 heterocycles. The lowest BCUT2D eigenvalue weighted by molar-refractivity contribution is 0.0752. The Kier molecular flexibility index (Phi) is 5.41. The second kappa shape index (κ2) is 7.63. The largest absolute Gasteiger partial charge is 0.334 e. The van der Waals surface area contributed by atoms with Gasteiger partial charge in [-0.1, -0.05) is 44.5 Å². The normalized spacial score (nSPS) is 11.6. The first-order valence-corrected chi connectivity index (χ1v) is 9.71. The number of aryl methyl sites for hydroxylation is 1. The van der Waals surface area contributed by atoms with Gasteiger partial charge in [0.2, 0.25) is 0 Å². The molecule has 1 amide bonds. The second-order valence-corrected chi connectivity index (χ2v) is 8.36. The first-order valence-electron chi connectivity index (χ1n) is 9.71. The van der Waals surface area contributed by atoms with Crippen molar-refractivity contribution >= 4 is 16.8 Å². The summed E-state index contributed by atoms with van der Waals surface area (Å²) in [6.45, 7) is 11.2. The summed E-state index contributed by atoms with van der Waals surface area (Å²) in [6.07, 6.45) is 0. The fourth-order valence-corrected chi connectivity index (χ4v) is 3.32. The smallest absolute Gasteiger partial charge is 0.254 e. The Bertz CT molecular complexity index is 1060. The standard InChI is InChI=1S/C24H28N2O2/c1-6-26(23(28)17-8-10-20(11-9-17)24(3,4)5)15-19-14-18-13-16(2)7-12-21(18)25-22(19)27/h7-14H,6,15H2,1-5H3,(H,25,27). The summed E-state index contributed by atoms with van der Waals surface area (Å²) >= 11 is 0. The van der Waals surface area contributed by atoms with Crippen molar-refractivity contribution < 1.29 is 4.79 Å². The predicted octanol–water partition coefficient (Wildman–Crippen LogP) is 4.80. The van der Waals surface area contributed by atoms with Crippen LogP contribution in [0.4, 0.5) is 0 Å². The number of aromatic nitrogens is 1. The van der Waals surface area contributed by atoms with Gasteiger partial charge in [0.25, 0.3) is 11.5 Å². The topological polar surface area (TPSA) is 53.2 Å². The molecule has 1 N–H and O–H groups in total. The van der Waals surface area contributed by atoms with Crippen LogP contribution in [-0.4, -0.2) is 22.3 Å². The van der Waals surface area contributed by atoms with E-state index in [0.717, 1.165) is 16.5 Å². The van der Waals surface area contributed by atoms with Gasteiger partial charge in [0.15, 0.2) is 0 Å². The fraction of sp³-hybridized carbons (Fsp3) is 0.333. The van der Waals surface area contributed by atoms with Gasteiger partial charge in [-0.05, 0) is 60.5 Å². The van der Waals surface area contributed by atoms with E-state index in [1.807, 2.05) is 62.4 Å². The highest BCUT2D eigenvalue weighted by molar-refractivity contribution is 5.94. The van der Waals surface area contributed by atoms with Crippen LogP contribution in [0.15, 0.2) is 53.3 Å². The number of carbonyl (C=O) groups excluding carboxylic acids is 1. The van der Waals surface area contributed by atoms with Crippen LogP contribution in [0.25, 0.3) is 10.9 Å². The summed E-state index contributed by atoms with van der Waals surface area (Å²) in [5.74, 6) is -0.0632. The van der Waals surface area contributed by atoms with Crippen molar-refractivity contribution in [2.24, 2.45) is 0 Å². The maximum atomic E-state index is 13.0. The van der Waals surface area contributed by atoms with Crippen molar-refractivity contribution in [3.8, 4) is 0 Å². The molecule has 4 nitrogen and oxygen atoms in total. The maximum absolute atomic E-state index is 13.0. The van der Waals surface area contributed by atoms with Crippen LogP contribution in [0.5, 0.6) is 0 Å². The number of H-pyrrole nitrogens is 1. The lowest BCUT2D eigenvalue weighted by Crippen LogP contribution is -2.32. The number of hydrogen-bond donors (Lipinski definition) is 1. The van der Waals surface area contributed by atoms with Crippen LogP contribution in [0.3, 0.4) is 0 Å². The second-order valence-electron chi connectivity index (χ2n) is 8.36. The molecule has 2 aromatic carbocycles. The van der Waals surface area contributed by atoms with E-state index in [2.05, 4.69) is 25.8 Å². The number of carbonyl (C=O) groups is 1. The van der Waals surface area contributed by atoms with Crippen LogP contribution in [0.1, 0.15) is 54.7 Å². The molecule has 0 aliphatic carbocycles. The first-order chi connectivity index (χ1) is 13.2. The molecule has 0 aliphatic heterocycles. The quantitative estimate of drug-likeness (QED) is 0.711. The SMILES string of the molecule is CCN(Cc1cc2cc(C)ccc2[nH]c1=O)C(=O)c1ccc(C(C)(C)C)cc1. The molecule has 0 saturated carbocycles. The zero-order chi connectivity index (χ0) is 20.5. The number of fused-ring (bicyclic) bond motifs is 1. The Labute approximate surface area is 166 Å². The Morgan fingerprint density at radius 1 is 1.04 bits per heavy atom. The average molecular weight is 377 g/mol. The molecule has 0 fully saturated rings. The van der Waals surface area contributed by atoms with Crippen LogP contribution in [0, 0.1) is 6.92 Å². The number of pyridine rings is 1. The molecule has 0 radical (unpaired) electrons. The number of rotatable bonds is 4. The lowest BCUT2D eigenvalue weighted by atomic mass is 9.86. The molecule has 3 rings (SSSR count). The van der Waals surface area contributed by atoms with Gasteiger partial charge < -0.3 is 9.88 Å². The molecular formula is C24H28N2O2. The molecule has 146 valence electrons. The Hall–Kier alpha value is -2.88. The minimum Gasteiger partial charge on any atom is -0.334 e. The van der Waals surface area contributed by atoms with Crippen LogP contribution < -0.4 is 5.56 Å². The highest BCUT2D eigenvalue weighted by Gasteiger charge is 2.18. The molecule has 0 aliphatic rings. The molecule has 0 atom stereocenters. The van der Waals surface area contributed by atoms with Crippen LogP contribution >= 0.6 is 0 Å². The molecule has 3 aromatic rings. The van der Waals surface area contributed by atoms with Crippen molar-refractivity contribution in [1.82, 2.24) is 9.88 Å². The zero-order valence-corrected chi connectivity index (χ0v) is 17.3. The van der Waals surface area contributed by atoms with Crippen molar-refractivity contribution in [2.75, 3.05) is 6.54 Å². The molecule has 0 unspecified atom stereocenters. The number of nitrogens with one attached hydrogen (secondary N) is 1. The van der Waals surface area contributed by atoms with E-state index >= 15 is 0 Å². The zero-order valence-electron chi connectivity index (χ0n) is 17.3. The van der Waals surface area contributed by atoms with E-state index in [1.54, 1.807) is 4.90 Å². The summed E-state index contributed by atoms with van der Waals surface area (Å²) in [5, 5.41) is 0.979. The van der Waals surface area contributed by atoms with Gasteiger partial charge in [-0.15, -0.1) is 0 Å². The van der Waals surface area contributed by atoms with Crippen molar-refractivity contribution in [2.45, 2.75) is 46.6 Å². The molecule has 0 spiro atoms. The number of benzene rings is 2. The minimum absolute atomic E-state index is 0.0442. The Morgan fingerprint density at radius 2 is 1.71 bits per heavy atom. The third-order valence-electron chi connectivity index (χ3n) is 5.10. The highest BCUT2D eigenvalue weighted by Crippen LogP contribution is 2.23. The van der Waals surface area contributed by atoms with Crippen molar-refractivity contribution in [1.29, 1.82) is 0 Å². The van der Waals surface area contributed by atoms with Gasteiger partial charge in [0.05, 0.1) is 6.54 Å². The molecule has 28 heavy (non-hydrogen) atoms. The van der Waals surface area contributed by atoms with E-state index in [4.69, 9.17) is 0 Å². The molecule has 1 aromatic heterocycles. The van der Waals surface area contributed by atoms with Gasteiger partial charge in [0.1, 0.15) is 0 Å². The number of nitrogens with zero attached hydrogens (tertiary/aromatic N) is 1. The fourth-order valence-electron chi connectivity index (χ4n) is 3.32. The average Bonchev–Trinajstić information content (AvgIpc) is 2.65. The van der Waals surface area contributed by atoms with Crippen molar-refractivity contribution in [3.63, 3.8) is 0 Å². The van der Waals surface area contributed by atoms with Gasteiger partial charge in [-0.3, -0.25) is 9.59 Å². The third-order valence-corrected chi connectivity index (χ3v) is 5.10. The number of aromatic amines is 1. The first kappa shape index (κ1) is 19.9. The van der Waals surface area contributed by atoms with Gasteiger partial charge in [-0.25, -0.2) is 0 Å². The van der Waals surface area contributed by atoms with Gasteiger partial charge >= 0.3 is 0 Å². The van der Waals surface area contributed by atoms with E-state index in [0.29, 0.717) is 17.7 Å². The van der Waals surface area contributed by atoms with E-state index < -0.39 is 0 Å². The maximum Gasteiger partial charge on any atom is 0.254 e. The summed E-state index contributed by atoms with van der Waals surface area (Å²) in [4.78, 5) is 30.1. The summed E-state index contributed by atoms with van der Waals surface area (Å²) in [7, 11) is 0. The lowest BCUT2D eigenvalue weighted by Gasteiger charge is -2.22. The molecular weight excluding hydrogens is 348 g/mol.